The molecule has 1 aromatic carbocycles. The van der Waals surface area contributed by atoms with Gasteiger partial charge in [-0.1, -0.05) is 11.6 Å². The van der Waals surface area contributed by atoms with Crippen molar-refractivity contribution in [2.24, 2.45) is 0 Å². The van der Waals surface area contributed by atoms with Crippen molar-refractivity contribution in [3.05, 3.63) is 51.3 Å². The van der Waals surface area contributed by atoms with Crippen molar-refractivity contribution in [3.8, 4) is 0 Å². The zero-order chi connectivity index (χ0) is 14.0. The van der Waals surface area contributed by atoms with E-state index in [0.717, 1.165) is 5.56 Å². The lowest BCUT2D eigenvalue weighted by molar-refractivity contribution is 0.613. The minimum absolute atomic E-state index is 0.265. The average Bonchev–Trinajstić information content (AvgIpc) is 2.33. The number of pyridine rings is 1. The van der Waals surface area contributed by atoms with E-state index in [1.165, 1.54) is 6.07 Å². The first kappa shape index (κ1) is 14.1. The van der Waals surface area contributed by atoms with Gasteiger partial charge in [-0.05, 0) is 45.8 Å². The number of nitrogen functional groups attached to an aromatic ring is 1. The Labute approximate surface area is 124 Å². The number of aromatic nitrogens is 1. The molecule has 0 amide bonds. The highest BCUT2D eigenvalue weighted by Crippen LogP contribution is 2.24. The van der Waals surface area contributed by atoms with Crippen LogP contribution in [0, 0.1) is 5.82 Å². The second-order valence-electron chi connectivity index (χ2n) is 4.17. The van der Waals surface area contributed by atoms with Crippen LogP contribution in [-0.2, 0) is 6.54 Å². The summed E-state index contributed by atoms with van der Waals surface area (Å²) in [6.07, 6.45) is 1.55. The lowest BCUT2D eigenvalue weighted by Gasteiger charge is -2.19. The Morgan fingerprint density at radius 2 is 2.16 bits per heavy atom. The summed E-state index contributed by atoms with van der Waals surface area (Å²) in [7, 11) is 1.75. The Balaban J connectivity index is 2.25. The van der Waals surface area contributed by atoms with Crippen LogP contribution in [0.25, 0.3) is 0 Å². The Bertz CT molecular complexity index is 606. The molecule has 2 rings (SSSR count). The number of nitrogens with zero attached hydrogens (tertiary/aromatic N) is 2. The van der Waals surface area contributed by atoms with Gasteiger partial charge in [-0.2, -0.15) is 0 Å². The second-order valence-corrected chi connectivity index (χ2v) is 5.49. The van der Waals surface area contributed by atoms with Crippen LogP contribution in [0.15, 0.2) is 34.9 Å². The number of hydrogen-bond donors (Lipinski definition) is 1. The van der Waals surface area contributed by atoms with Crippen molar-refractivity contribution in [2.75, 3.05) is 17.7 Å². The maximum absolute atomic E-state index is 13.8. The minimum atomic E-state index is -0.392. The van der Waals surface area contributed by atoms with Gasteiger partial charge in [-0.15, -0.1) is 0 Å². The largest absolute Gasteiger partial charge is 0.399 e. The molecular formula is C13H12BrClFN3. The summed E-state index contributed by atoms with van der Waals surface area (Å²) in [4.78, 5) is 5.74. The monoisotopic (exact) mass is 343 g/mol. The molecule has 2 N–H and O–H groups in total. The third-order valence-electron chi connectivity index (χ3n) is 2.63. The molecule has 0 aliphatic carbocycles. The normalized spacial score (nSPS) is 10.5. The summed E-state index contributed by atoms with van der Waals surface area (Å²) < 4.78 is 14.4. The molecule has 0 unspecified atom stereocenters. The van der Waals surface area contributed by atoms with Crippen molar-refractivity contribution >= 4 is 39.0 Å². The van der Waals surface area contributed by atoms with Gasteiger partial charge in [-0.25, -0.2) is 9.37 Å². The van der Waals surface area contributed by atoms with Gasteiger partial charge in [0.05, 0.1) is 0 Å². The molecule has 100 valence electrons. The number of benzene rings is 1. The maximum atomic E-state index is 13.8. The van der Waals surface area contributed by atoms with E-state index in [1.807, 2.05) is 0 Å². The predicted molar refractivity (Wildman–Crippen MR) is 79.9 cm³/mol. The molecule has 0 aliphatic heterocycles. The second kappa shape index (κ2) is 5.75. The maximum Gasteiger partial charge on any atom is 0.166 e. The van der Waals surface area contributed by atoms with Crippen molar-refractivity contribution in [1.29, 1.82) is 0 Å². The molecule has 0 spiro atoms. The van der Waals surface area contributed by atoms with Gasteiger partial charge < -0.3 is 10.6 Å². The summed E-state index contributed by atoms with van der Waals surface area (Å²) in [6, 6.07) is 6.60. The molecule has 0 atom stereocenters. The number of halogens is 3. The van der Waals surface area contributed by atoms with Crippen LogP contribution in [-0.4, -0.2) is 12.0 Å². The van der Waals surface area contributed by atoms with Crippen molar-refractivity contribution in [2.45, 2.75) is 6.54 Å². The lowest BCUT2D eigenvalue weighted by Crippen LogP contribution is -2.19. The summed E-state index contributed by atoms with van der Waals surface area (Å²) >= 11 is 9.26. The summed E-state index contributed by atoms with van der Waals surface area (Å²) in [6.45, 7) is 0.426. The zero-order valence-electron chi connectivity index (χ0n) is 10.2. The first-order chi connectivity index (χ1) is 8.97. The van der Waals surface area contributed by atoms with E-state index in [-0.39, 0.29) is 5.82 Å². The van der Waals surface area contributed by atoms with E-state index in [2.05, 4.69) is 20.9 Å². The fraction of sp³-hybridized carbons (Fsp3) is 0.154. The Morgan fingerprint density at radius 3 is 2.84 bits per heavy atom. The number of hydrogen-bond acceptors (Lipinski definition) is 3. The quantitative estimate of drug-likeness (QED) is 0.860. The van der Waals surface area contributed by atoms with E-state index in [1.54, 1.807) is 36.3 Å². The topological polar surface area (TPSA) is 42.1 Å². The van der Waals surface area contributed by atoms with Crippen molar-refractivity contribution < 1.29 is 4.39 Å². The SMILES string of the molecule is CN(Cc1cc(N)ccc1Cl)c1ncc(Br)cc1F. The van der Waals surface area contributed by atoms with E-state index >= 15 is 0 Å². The van der Waals surface area contributed by atoms with Gasteiger partial charge in [0.25, 0.3) is 0 Å². The van der Waals surface area contributed by atoms with Crippen LogP contribution < -0.4 is 10.6 Å². The lowest BCUT2D eigenvalue weighted by atomic mass is 10.2. The van der Waals surface area contributed by atoms with E-state index < -0.39 is 5.82 Å². The number of nitrogens with two attached hydrogens (primary N) is 1. The van der Waals surface area contributed by atoms with Crippen LogP contribution >= 0.6 is 27.5 Å². The van der Waals surface area contributed by atoms with Crippen LogP contribution in [0.2, 0.25) is 5.02 Å². The first-order valence-electron chi connectivity index (χ1n) is 5.53. The molecular weight excluding hydrogens is 333 g/mol. The van der Waals surface area contributed by atoms with E-state index in [0.29, 0.717) is 21.7 Å². The van der Waals surface area contributed by atoms with Crippen LogP contribution in [0.5, 0.6) is 0 Å². The van der Waals surface area contributed by atoms with Gasteiger partial charge in [-0.3, -0.25) is 0 Å². The standard InChI is InChI=1S/C13H12BrClFN3/c1-19(13-12(16)5-9(14)6-18-13)7-8-4-10(17)2-3-11(8)15/h2-6H,7,17H2,1H3. The smallest absolute Gasteiger partial charge is 0.166 e. The van der Waals surface area contributed by atoms with Gasteiger partial charge in [0.1, 0.15) is 0 Å². The number of rotatable bonds is 3. The average molecular weight is 345 g/mol. The molecule has 19 heavy (non-hydrogen) atoms. The molecule has 6 heteroatoms. The highest BCUT2D eigenvalue weighted by molar-refractivity contribution is 9.10. The van der Waals surface area contributed by atoms with Crippen LogP contribution in [0.3, 0.4) is 0 Å². The third-order valence-corrected chi connectivity index (χ3v) is 3.43. The highest BCUT2D eigenvalue weighted by atomic mass is 79.9. The molecule has 1 heterocycles. The Kier molecular flexibility index (Phi) is 4.27. The molecule has 0 aliphatic rings. The Morgan fingerprint density at radius 1 is 1.42 bits per heavy atom. The first-order valence-corrected chi connectivity index (χ1v) is 6.70. The predicted octanol–water partition coefficient (Wildman–Crippen LogP) is 3.86. The molecule has 0 saturated carbocycles. The number of anilines is 2. The highest BCUT2D eigenvalue weighted by Gasteiger charge is 2.12. The van der Waals surface area contributed by atoms with Gasteiger partial charge in [0.2, 0.25) is 0 Å². The zero-order valence-corrected chi connectivity index (χ0v) is 12.5. The summed E-state index contributed by atoms with van der Waals surface area (Å²) in [5.74, 6) is -0.126. The molecule has 0 fully saturated rings. The minimum Gasteiger partial charge on any atom is -0.399 e. The fourth-order valence-electron chi connectivity index (χ4n) is 1.73. The molecule has 2 aromatic rings. The molecule has 0 bridgehead atoms. The molecule has 1 aromatic heterocycles. The molecule has 3 nitrogen and oxygen atoms in total. The van der Waals surface area contributed by atoms with E-state index in [9.17, 15) is 4.39 Å². The molecule has 0 radical (unpaired) electrons. The molecule has 0 saturated heterocycles. The van der Waals surface area contributed by atoms with Crippen molar-refractivity contribution in [3.63, 3.8) is 0 Å². The van der Waals surface area contributed by atoms with Crippen LogP contribution in [0.1, 0.15) is 5.56 Å². The van der Waals surface area contributed by atoms with Crippen molar-refractivity contribution in [1.82, 2.24) is 4.98 Å². The fourth-order valence-corrected chi connectivity index (χ4v) is 2.22. The van der Waals surface area contributed by atoms with Crippen LogP contribution in [0.4, 0.5) is 15.9 Å². The third kappa shape index (κ3) is 3.36. The van der Waals surface area contributed by atoms with Gasteiger partial charge >= 0.3 is 0 Å². The Hall–Kier alpha value is -1.33. The summed E-state index contributed by atoms with van der Waals surface area (Å²) in [5.41, 5.74) is 7.17. The van der Waals surface area contributed by atoms with Gasteiger partial charge in [0, 0.05) is 35.0 Å². The van der Waals surface area contributed by atoms with Gasteiger partial charge in [0.15, 0.2) is 11.6 Å². The summed E-state index contributed by atoms with van der Waals surface area (Å²) in [5, 5.41) is 0.596. The van der Waals surface area contributed by atoms with E-state index in [4.69, 9.17) is 17.3 Å².